The molecule has 13 heteroatoms. The highest BCUT2D eigenvalue weighted by Crippen LogP contribution is 2.34. The van der Waals surface area contributed by atoms with E-state index in [4.69, 9.17) is 11.6 Å². The normalized spacial score (nSPS) is 11.5. The van der Waals surface area contributed by atoms with Crippen molar-refractivity contribution in [1.82, 2.24) is 14.7 Å². The second-order valence-electron chi connectivity index (χ2n) is 7.61. The molecule has 0 unspecified atom stereocenters. The van der Waals surface area contributed by atoms with E-state index in [2.05, 4.69) is 20.0 Å². The zero-order valence-corrected chi connectivity index (χ0v) is 22.2. The zero-order chi connectivity index (χ0) is 26.7. The number of halogens is 4. The standard InChI is InChI=1S/C24H16ClF2IN4O4S/c25-17-9-15(28)5-6-18(17)31-23-16(24(33)34)10-19(20(26)21(23)27)37(35,36)32-22(13-3-1-7-29-11-13)14-4-2-8-30-12-14/h1-12,22,31-32H,(H,33,34). The van der Waals surface area contributed by atoms with Gasteiger partial charge in [0, 0.05) is 28.4 Å². The van der Waals surface area contributed by atoms with Gasteiger partial charge in [-0.1, -0.05) is 23.7 Å². The summed E-state index contributed by atoms with van der Waals surface area (Å²) in [6.45, 7) is 0. The van der Waals surface area contributed by atoms with E-state index in [1.165, 1.54) is 36.9 Å². The van der Waals surface area contributed by atoms with Crippen LogP contribution in [0.1, 0.15) is 27.5 Å². The molecule has 0 aliphatic heterocycles. The van der Waals surface area contributed by atoms with Crippen LogP contribution in [0.25, 0.3) is 0 Å². The number of anilines is 2. The summed E-state index contributed by atoms with van der Waals surface area (Å²) in [5.74, 6) is -5.15. The van der Waals surface area contributed by atoms with Crippen LogP contribution < -0.4 is 10.0 Å². The van der Waals surface area contributed by atoms with E-state index in [0.29, 0.717) is 17.2 Å². The quantitative estimate of drug-likeness (QED) is 0.214. The molecule has 4 rings (SSSR count). The van der Waals surface area contributed by atoms with E-state index in [1.54, 1.807) is 30.3 Å². The monoisotopic (exact) mass is 656 g/mol. The number of nitrogens with zero attached hydrogens (tertiary/aromatic N) is 2. The van der Waals surface area contributed by atoms with Crippen LogP contribution in [0.5, 0.6) is 0 Å². The average molecular weight is 657 g/mol. The molecule has 2 aromatic heterocycles. The number of nitrogens with one attached hydrogen (secondary N) is 2. The highest BCUT2D eigenvalue weighted by molar-refractivity contribution is 14.1. The Morgan fingerprint density at radius 1 is 1.00 bits per heavy atom. The molecule has 0 saturated carbocycles. The predicted molar refractivity (Wildman–Crippen MR) is 141 cm³/mol. The van der Waals surface area contributed by atoms with Crippen molar-refractivity contribution in [3.63, 3.8) is 0 Å². The molecule has 37 heavy (non-hydrogen) atoms. The molecule has 190 valence electrons. The van der Waals surface area contributed by atoms with Gasteiger partial charge >= 0.3 is 5.97 Å². The smallest absolute Gasteiger partial charge is 0.337 e. The average Bonchev–Trinajstić information content (AvgIpc) is 2.87. The Hall–Kier alpha value is -3.20. The summed E-state index contributed by atoms with van der Waals surface area (Å²) >= 11 is 8.13. The summed E-state index contributed by atoms with van der Waals surface area (Å²) in [6.07, 6.45) is 5.77. The summed E-state index contributed by atoms with van der Waals surface area (Å²) < 4.78 is 60.1. The van der Waals surface area contributed by atoms with Crippen molar-refractivity contribution in [1.29, 1.82) is 0 Å². The van der Waals surface area contributed by atoms with Gasteiger partial charge in [-0.25, -0.2) is 22.0 Å². The number of aromatic nitrogens is 2. The number of hydrogen-bond donors (Lipinski definition) is 3. The molecule has 0 aliphatic carbocycles. The minimum Gasteiger partial charge on any atom is -0.478 e. The fourth-order valence-corrected chi connectivity index (χ4v) is 5.67. The molecule has 8 nitrogen and oxygen atoms in total. The van der Waals surface area contributed by atoms with Gasteiger partial charge in [-0.3, -0.25) is 9.97 Å². The number of carboxylic acids is 1. The van der Waals surface area contributed by atoms with Gasteiger partial charge in [0.2, 0.25) is 10.0 Å². The third-order valence-electron chi connectivity index (χ3n) is 5.19. The SMILES string of the molecule is O=C(O)c1cc(S(=O)(=O)NC(c2cccnc2)c2cccnc2)c(F)c(F)c1Nc1ccc(I)cc1Cl. The Kier molecular flexibility index (Phi) is 8.02. The van der Waals surface area contributed by atoms with Crippen molar-refractivity contribution in [3.05, 3.63) is 110 Å². The lowest BCUT2D eigenvalue weighted by atomic mass is 10.0. The third kappa shape index (κ3) is 5.87. The van der Waals surface area contributed by atoms with Gasteiger partial charge in [-0.05, 0) is 70.1 Å². The molecule has 0 bridgehead atoms. The number of rotatable bonds is 8. The number of hydrogen-bond acceptors (Lipinski definition) is 6. The lowest BCUT2D eigenvalue weighted by Gasteiger charge is -2.20. The molecular weight excluding hydrogens is 641 g/mol. The lowest BCUT2D eigenvalue weighted by molar-refractivity contribution is 0.0697. The first-order chi connectivity index (χ1) is 17.6. The number of pyridine rings is 2. The van der Waals surface area contributed by atoms with Crippen LogP contribution in [0.3, 0.4) is 0 Å². The van der Waals surface area contributed by atoms with Crippen LogP contribution in [0, 0.1) is 15.2 Å². The topological polar surface area (TPSA) is 121 Å². The maximum Gasteiger partial charge on any atom is 0.337 e. The third-order valence-corrected chi connectivity index (χ3v) is 7.60. The fraction of sp³-hybridized carbons (Fsp3) is 0.0417. The number of carbonyl (C=O) groups is 1. The van der Waals surface area contributed by atoms with Crippen molar-refractivity contribution < 1.29 is 27.1 Å². The van der Waals surface area contributed by atoms with Crippen LogP contribution in [0.4, 0.5) is 20.2 Å². The molecule has 0 saturated heterocycles. The van der Waals surface area contributed by atoms with Crippen molar-refractivity contribution in [2.75, 3.05) is 5.32 Å². The summed E-state index contributed by atoms with van der Waals surface area (Å²) in [5, 5.41) is 12.3. The number of sulfonamides is 1. The van der Waals surface area contributed by atoms with E-state index >= 15 is 8.78 Å². The molecule has 0 fully saturated rings. The molecular formula is C24H16ClF2IN4O4S. The first kappa shape index (κ1) is 26.9. The molecule has 0 radical (unpaired) electrons. The van der Waals surface area contributed by atoms with E-state index in [9.17, 15) is 18.3 Å². The van der Waals surface area contributed by atoms with E-state index in [-0.39, 0.29) is 10.7 Å². The van der Waals surface area contributed by atoms with Gasteiger partial charge in [0.1, 0.15) is 4.90 Å². The minimum atomic E-state index is -4.81. The molecule has 0 spiro atoms. The zero-order valence-electron chi connectivity index (χ0n) is 18.5. The maximum absolute atomic E-state index is 15.2. The van der Waals surface area contributed by atoms with Crippen LogP contribution in [-0.2, 0) is 10.0 Å². The van der Waals surface area contributed by atoms with Gasteiger partial charge < -0.3 is 10.4 Å². The lowest BCUT2D eigenvalue weighted by Crippen LogP contribution is -2.31. The Morgan fingerprint density at radius 2 is 1.62 bits per heavy atom. The first-order valence-electron chi connectivity index (χ1n) is 10.4. The van der Waals surface area contributed by atoms with Gasteiger partial charge in [0.25, 0.3) is 0 Å². The number of benzene rings is 2. The fourth-order valence-electron chi connectivity index (χ4n) is 3.46. The second-order valence-corrected chi connectivity index (χ2v) is 10.9. The van der Waals surface area contributed by atoms with E-state index < -0.39 is 49.8 Å². The predicted octanol–water partition coefficient (Wildman–Crippen LogP) is 5.52. The molecule has 3 N–H and O–H groups in total. The summed E-state index contributed by atoms with van der Waals surface area (Å²) in [7, 11) is -4.81. The van der Waals surface area contributed by atoms with Crippen LogP contribution in [-0.4, -0.2) is 29.5 Å². The molecule has 0 amide bonds. The first-order valence-corrected chi connectivity index (χ1v) is 13.3. The van der Waals surface area contributed by atoms with Gasteiger partial charge in [-0.15, -0.1) is 0 Å². The Bertz CT molecular complexity index is 1540. The van der Waals surface area contributed by atoms with Crippen LogP contribution in [0.2, 0.25) is 5.02 Å². The van der Waals surface area contributed by atoms with E-state index in [1.807, 2.05) is 22.6 Å². The van der Waals surface area contributed by atoms with Crippen molar-refractivity contribution in [2.45, 2.75) is 10.9 Å². The molecule has 2 aromatic carbocycles. The summed E-state index contributed by atoms with van der Waals surface area (Å²) in [5.41, 5.74) is -0.698. The highest BCUT2D eigenvalue weighted by Gasteiger charge is 2.32. The largest absolute Gasteiger partial charge is 0.478 e. The Balaban J connectivity index is 1.80. The number of aromatic carboxylic acids is 1. The molecule has 2 heterocycles. The van der Waals surface area contributed by atoms with Gasteiger partial charge in [0.05, 0.1) is 28.0 Å². The van der Waals surface area contributed by atoms with Crippen molar-refractivity contribution in [3.8, 4) is 0 Å². The molecule has 0 aliphatic rings. The molecule has 0 atom stereocenters. The summed E-state index contributed by atoms with van der Waals surface area (Å²) in [4.78, 5) is 18.7. The van der Waals surface area contributed by atoms with Crippen molar-refractivity contribution in [2.24, 2.45) is 0 Å². The van der Waals surface area contributed by atoms with Crippen molar-refractivity contribution >= 4 is 61.6 Å². The maximum atomic E-state index is 15.2. The Morgan fingerprint density at radius 3 is 2.14 bits per heavy atom. The van der Waals surface area contributed by atoms with Crippen LogP contribution >= 0.6 is 34.2 Å². The highest BCUT2D eigenvalue weighted by atomic mass is 127. The Labute approximate surface area is 228 Å². The van der Waals surface area contributed by atoms with Crippen LogP contribution in [0.15, 0.2) is 78.2 Å². The van der Waals surface area contributed by atoms with E-state index in [0.717, 1.165) is 3.57 Å². The number of carboxylic acid groups (broad SMARTS) is 1. The van der Waals surface area contributed by atoms with Gasteiger partial charge in [-0.2, -0.15) is 4.72 Å². The molecule has 4 aromatic rings. The second kappa shape index (κ2) is 11.0. The van der Waals surface area contributed by atoms with Gasteiger partial charge in [0.15, 0.2) is 11.6 Å². The summed E-state index contributed by atoms with van der Waals surface area (Å²) in [6, 6.07) is 10.4. The minimum absolute atomic E-state index is 0.102.